The van der Waals surface area contributed by atoms with Gasteiger partial charge in [0.1, 0.15) is 0 Å². The fourth-order valence-corrected chi connectivity index (χ4v) is 2.82. The van der Waals surface area contributed by atoms with E-state index < -0.39 is 0 Å². The summed E-state index contributed by atoms with van der Waals surface area (Å²) in [4.78, 5) is 2.32. The Hall–Kier alpha value is -0.430. The maximum atomic E-state index is 10.2. The molecule has 94 valence electrons. The molecule has 1 N–H and O–H groups in total. The lowest BCUT2D eigenvalue weighted by Gasteiger charge is -2.43. The molecule has 2 aliphatic heterocycles. The standard InChI is InChI=1S/C11H16BrN3O2/c12-8-3-13-15(4-8)10-1-2-14(5-11(10)16)9-6-17-7-9/h3-4,9-11,16H,1-2,5-7H2. The molecular weight excluding hydrogens is 286 g/mol. The molecule has 1 aromatic rings. The van der Waals surface area contributed by atoms with Gasteiger partial charge in [0, 0.05) is 19.3 Å². The van der Waals surface area contributed by atoms with E-state index >= 15 is 0 Å². The van der Waals surface area contributed by atoms with Crippen molar-refractivity contribution in [2.24, 2.45) is 0 Å². The number of aliphatic hydroxyl groups is 1. The third kappa shape index (κ3) is 2.27. The van der Waals surface area contributed by atoms with E-state index in [1.165, 1.54) is 0 Å². The number of piperidine rings is 1. The van der Waals surface area contributed by atoms with Crippen molar-refractivity contribution in [3.63, 3.8) is 0 Å². The lowest BCUT2D eigenvalue weighted by molar-refractivity contribution is -0.0946. The van der Waals surface area contributed by atoms with E-state index in [9.17, 15) is 5.11 Å². The summed E-state index contributed by atoms with van der Waals surface area (Å²) in [5.74, 6) is 0. The van der Waals surface area contributed by atoms with Crippen LogP contribution in [0.15, 0.2) is 16.9 Å². The maximum absolute atomic E-state index is 10.2. The van der Waals surface area contributed by atoms with Crippen molar-refractivity contribution in [3.8, 4) is 0 Å². The van der Waals surface area contributed by atoms with Gasteiger partial charge in [-0.2, -0.15) is 5.10 Å². The summed E-state index contributed by atoms with van der Waals surface area (Å²) in [6.45, 7) is 3.35. The topological polar surface area (TPSA) is 50.5 Å². The van der Waals surface area contributed by atoms with Gasteiger partial charge in [0.05, 0.1) is 42.1 Å². The van der Waals surface area contributed by atoms with Crippen LogP contribution in [0, 0.1) is 0 Å². The number of halogens is 1. The largest absolute Gasteiger partial charge is 0.390 e. The number of ether oxygens (including phenoxy) is 1. The first kappa shape index (κ1) is 11.6. The number of rotatable bonds is 2. The number of aliphatic hydroxyl groups excluding tert-OH is 1. The van der Waals surface area contributed by atoms with Crippen LogP contribution >= 0.6 is 15.9 Å². The van der Waals surface area contributed by atoms with Crippen molar-refractivity contribution in [2.75, 3.05) is 26.3 Å². The van der Waals surface area contributed by atoms with Crippen molar-refractivity contribution in [3.05, 3.63) is 16.9 Å². The first-order valence-corrected chi connectivity index (χ1v) is 6.73. The summed E-state index contributed by atoms with van der Waals surface area (Å²) < 4.78 is 8.01. The Labute approximate surface area is 108 Å². The van der Waals surface area contributed by atoms with Crippen LogP contribution in [0.4, 0.5) is 0 Å². The molecule has 1 aromatic heterocycles. The summed E-state index contributed by atoms with van der Waals surface area (Å²) >= 11 is 3.38. The minimum absolute atomic E-state index is 0.0959. The molecule has 0 bridgehead atoms. The van der Waals surface area contributed by atoms with Crippen LogP contribution in [0.2, 0.25) is 0 Å². The molecule has 5 nitrogen and oxygen atoms in total. The van der Waals surface area contributed by atoms with Gasteiger partial charge in [-0.05, 0) is 22.4 Å². The van der Waals surface area contributed by atoms with Crippen molar-refractivity contribution < 1.29 is 9.84 Å². The predicted octanol–water partition coefficient (Wildman–Crippen LogP) is 0.652. The molecule has 2 fully saturated rings. The van der Waals surface area contributed by atoms with Gasteiger partial charge in [-0.3, -0.25) is 9.58 Å². The van der Waals surface area contributed by atoms with Crippen LogP contribution in [-0.2, 0) is 4.74 Å². The molecule has 2 aliphatic rings. The van der Waals surface area contributed by atoms with Crippen LogP contribution < -0.4 is 0 Å². The van der Waals surface area contributed by atoms with Gasteiger partial charge in [0.15, 0.2) is 0 Å². The number of likely N-dealkylation sites (tertiary alicyclic amines) is 1. The van der Waals surface area contributed by atoms with Crippen molar-refractivity contribution >= 4 is 15.9 Å². The van der Waals surface area contributed by atoms with Crippen molar-refractivity contribution in [2.45, 2.75) is 24.6 Å². The lowest BCUT2D eigenvalue weighted by Crippen LogP contribution is -2.55. The molecule has 2 saturated heterocycles. The van der Waals surface area contributed by atoms with E-state index in [2.05, 4.69) is 25.9 Å². The number of nitrogens with zero attached hydrogens (tertiary/aromatic N) is 3. The second-order valence-electron chi connectivity index (χ2n) is 4.75. The SMILES string of the molecule is OC1CN(C2COC2)CCC1n1cc(Br)cn1. The summed E-state index contributed by atoms with van der Waals surface area (Å²) in [6.07, 6.45) is 4.27. The molecule has 0 aliphatic carbocycles. The Morgan fingerprint density at radius 3 is 2.82 bits per heavy atom. The zero-order valence-corrected chi connectivity index (χ0v) is 11.1. The molecule has 3 heterocycles. The second-order valence-corrected chi connectivity index (χ2v) is 5.66. The molecule has 3 rings (SSSR count). The van der Waals surface area contributed by atoms with Crippen molar-refractivity contribution in [1.82, 2.24) is 14.7 Å². The Balaban J connectivity index is 1.65. The normalized spacial score (nSPS) is 31.4. The van der Waals surface area contributed by atoms with Crippen molar-refractivity contribution in [1.29, 1.82) is 0 Å². The highest BCUT2D eigenvalue weighted by molar-refractivity contribution is 9.10. The average molecular weight is 302 g/mol. The molecule has 2 atom stereocenters. The molecule has 0 radical (unpaired) electrons. The van der Waals surface area contributed by atoms with E-state index in [0.717, 1.165) is 37.2 Å². The summed E-state index contributed by atoms with van der Waals surface area (Å²) in [6, 6.07) is 0.605. The minimum atomic E-state index is -0.351. The van der Waals surface area contributed by atoms with E-state index in [-0.39, 0.29) is 12.1 Å². The molecule has 2 unspecified atom stereocenters. The number of hydrogen-bond acceptors (Lipinski definition) is 4. The van der Waals surface area contributed by atoms with Crippen LogP contribution in [0.5, 0.6) is 0 Å². The first-order chi connectivity index (χ1) is 8.24. The zero-order chi connectivity index (χ0) is 11.8. The number of hydrogen-bond donors (Lipinski definition) is 1. The Bertz CT molecular complexity index is 394. The zero-order valence-electron chi connectivity index (χ0n) is 9.50. The average Bonchev–Trinajstić information content (AvgIpc) is 2.62. The van der Waals surface area contributed by atoms with E-state index in [0.29, 0.717) is 6.04 Å². The number of aromatic nitrogens is 2. The van der Waals surface area contributed by atoms with Crippen LogP contribution in [-0.4, -0.2) is 58.2 Å². The van der Waals surface area contributed by atoms with Gasteiger partial charge >= 0.3 is 0 Å². The minimum Gasteiger partial charge on any atom is -0.390 e. The molecule has 0 saturated carbocycles. The van der Waals surface area contributed by atoms with Gasteiger partial charge in [-0.25, -0.2) is 0 Å². The van der Waals surface area contributed by atoms with Gasteiger partial charge in [-0.1, -0.05) is 0 Å². The summed E-state index contributed by atoms with van der Waals surface area (Å²) in [5, 5.41) is 14.5. The maximum Gasteiger partial charge on any atom is 0.0891 e. The van der Waals surface area contributed by atoms with Gasteiger partial charge < -0.3 is 9.84 Å². The molecule has 6 heteroatoms. The van der Waals surface area contributed by atoms with Crippen LogP contribution in [0.25, 0.3) is 0 Å². The highest BCUT2D eigenvalue weighted by Gasteiger charge is 2.35. The van der Waals surface area contributed by atoms with Crippen LogP contribution in [0.1, 0.15) is 12.5 Å². The highest BCUT2D eigenvalue weighted by Crippen LogP contribution is 2.26. The lowest BCUT2D eigenvalue weighted by atomic mass is 10.00. The molecule has 0 spiro atoms. The fourth-order valence-electron chi connectivity index (χ4n) is 2.51. The van der Waals surface area contributed by atoms with Gasteiger partial charge in [0.2, 0.25) is 0 Å². The molecule has 17 heavy (non-hydrogen) atoms. The molecule has 0 aromatic carbocycles. The number of β-amino-alcohol motifs (C(OH)–C–C–N with tert-alkyl or cyclic N) is 1. The Morgan fingerprint density at radius 2 is 2.29 bits per heavy atom. The van der Waals surface area contributed by atoms with Gasteiger partial charge in [0.25, 0.3) is 0 Å². The Morgan fingerprint density at radius 1 is 1.47 bits per heavy atom. The van der Waals surface area contributed by atoms with E-state index in [1.54, 1.807) is 6.20 Å². The fraction of sp³-hybridized carbons (Fsp3) is 0.727. The smallest absolute Gasteiger partial charge is 0.0891 e. The highest BCUT2D eigenvalue weighted by atomic mass is 79.9. The third-order valence-corrected chi connectivity index (χ3v) is 4.03. The Kier molecular flexibility index (Phi) is 3.21. The quantitative estimate of drug-likeness (QED) is 0.871. The van der Waals surface area contributed by atoms with E-state index in [1.807, 2.05) is 10.9 Å². The monoisotopic (exact) mass is 301 g/mol. The molecule has 0 amide bonds. The van der Waals surface area contributed by atoms with Crippen LogP contribution in [0.3, 0.4) is 0 Å². The third-order valence-electron chi connectivity index (χ3n) is 3.62. The second kappa shape index (κ2) is 4.68. The van der Waals surface area contributed by atoms with Gasteiger partial charge in [-0.15, -0.1) is 0 Å². The first-order valence-electron chi connectivity index (χ1n) is 5.93. The predicted molar refractivity (Wildman–Crippen MR) is 65.8 cm³/mol. The summed E-state index contributed by atoms with van der Waals surface area (Å²) in [7, 11) is 0. The summed E-state index contributed by atoms with van der Waals surface area (Å²) in [5.41, 5.74) is 0. The molecular formula is C11H16BrN3O2. The van der Waals surface area contributed by atoms with E-state index in [4.69, 9.17) is 4.74 Å².